The molecule has 0 bridgehead atoms. The number of amides is 1. The monoisotopic (exact) mass is 421 g/mol. The van der Waals surface area contributed by atoms with Gasteiger partial charge in [-0.1, -0.05) is 36.9 Å². The Hall–Kier alpha value is -4.06. The first kappa shape index (κ1) is 18.7. The van der Waals surface area contributed by atoms with Crippen LogP contribution in [0.2, 0.25) is 0 Å². The summed E-state index contributed by atoms with van der Waals surface area (Å²) in [5.41, 5.74) is 6.60. The lowest BCUT2D eigenvalue weighted by Gasteiger charge is -2.19. The average molecular weight is 422 g/mol. The third kappa shape index (κ3) is 2.73. The minimum Gasteiger partial charge on any atom is -0.355 e. The number of hydrogen-bond donors (Lipinski definition) is 3. The summed E-state index contributed by atoms with van der Waals surface area (Å²) in [5, 5.41) is 9.24. The Labute approximate surface area is 186 Å². The van der Waals surface area contributed by atoms with Gasteiger partial charge in [-0.2, -0.15) is 0 Å². The molecule has 2 aliphatic rings. The first-order valence-corrected chi connectivity index (χ1v) is 10.8. The molecule has 1 amide bonds. The fourth-order valence-electron chi connectivity index (χ4n) is 4.71. The van der Waals surface area contributed by atoms with Crippen molar-refractivity contribution in [2.75, 3.05) is 17.7 Å². The molecular weight excluding hydrogens is 398 g/mol. The van der Waals surface area contributed by atoms with E-state index in [0.717, 1.165) is 52.6 Å². The molecule has 0 spiro atoms. The lowest BCUT2D eigenvalue weighted by Crippen LogP contribution is -2.17. The van der Waals surface area contributed by atoms with Gasteiger partial charge in [0.25, 0.3) is 5.91 Å². The number of hydrogen-bond acceptors (Lipinski definition) is 4. The summed E-state index contributed by atoms with van der Waals surface area (Å²) in [6, 6.07) is 22.6. The third-order valence-electron chi connectivity index (χ3n) is 6.48. The van der Waals surface area contributed by atoms with E-state index in [1.165, 1.54) is 5.56 Å². The van der Waals surface area contributed by atoms with Crippen LogP contribution in [0.15, 0.2) is 79.1 Å². The van der Waals surface area contributed by atoms with Crippen LogP contribution in [0.4, 0.5) is 11.4 Å². The van der Waals surface area contributed by atoms with Gasteiger partial charge in [-0.15, -0.1) is 0 Å². The predicted molar refractivity (Wildman–Crippen MR) is 127 cm³/mol. The molecule has 0 saturated heterocycles. The second kappa shape index (κ2) is 6.72. The molecule has 32 heavy (non-hydrogen) atoms. The highest BCUT2D eigenvalue weighted by molar-refractivity contribution is 5.97. The minimum atomic E-state index is -0.123. The molecule has 1 aromatic heterocycles. The molecule has 0 unspecified atom stereocenters. The number of anilines is 2. The van der Waals surface area contributed by atoms with Crippen LogP contribution in [0.25, 0.3) is 16.7 Å². The summed E-state index contributed by atoms with van der Waals surface area (Å²) < 4.78 is 2.24. The molecule has 0 radical (unpaired) electrons. The smallest absolute Gasteiger partial charge is 0.251 e. The Balaban J connectivity index is 1.59. The lowest BCUT2D eigenvalue weighted by atomic mass is 9.95. The second-order valence-electron chi connectivity index (χ2n) is 8.46. The summed E-state index contributed by atoms with van der Waals surface area (Å²) in [7, 11) is 1.64. The summed E-state index contributed by atoms with van der Waals surface area (Å²) in [4.78, 5) is 17.4. The van der Waals surface area contributed by atoms with Gasteiger partial charge in [0.05, 0.1) is 27.8 Å². The van der Waals surface area contributed by atoms with Crippen LogP contribution in [-0.4, -0.2) is 22.5 Å². The van der Waals surface area contributed by atoms with Crippen LogP contribution in [0.3, 0.4) is 0 Å². The Morgan fingerprint density at radius 2 is 1.81 bits per heavy atom. The molecule has 1 aliphatic heterocycles. The molecule has 1 fully saturated rings. The second-order valence-corrected chi connectivity index (χ2v) is 8.46. The summed E-state index contributed by atoms with van der Waals surface area (Å²) in [6.07, 6.45) is 2.09. The van der Waals surface area contributed by atoms with Crippen LogP contribution >= 0.6 is 0 Å². The largest absolute Gasteiger partial charge is 0.355 e. The molecule has 1 aliphatic carbocycles. The van der Waals surface area contributed by atoms with E-state index in [1.54, 1.807) is 7.05 Å². The SMILES string of the molecule is C=C1Nc2ccc(-n3c(C4(c5ccccc5)CC4)nc4cc(C(=O)NC)ccc43)cc2N1. The van der Waals surface area contributed by atoms with Crippen molar-refractivity contribution < 1.29 is 4.79 Å². The highest BCUT2D eigenvalue weighted by atomic mass is 16.1. The van der Waals surface area contributed by atoms with E-state index in [1.807, 2.05) is 24.3 Å². The van der Waals surface area contributed by atoms with Crippen molar-refractivity contribution in [1.82, 2.24) is 14.9 Å². The van der Waals surface area contributed by atoms with Crippen LogP contribution in [0, 0.1) is 0 Å². The molecule has 6 nitrogen and oxygen atoms in total. The summed E-state index contributed by atoms with van der Waals surface area (Å²) in [5.74, 6) is 1.67. The molecule has 3 N–H and O–H groups in total. The first-order valence-electron chi connectivity index (χ1n) is 10.8. The van der Waals surface area contributed by atoms with E-state index >= 15 is 0 Å². The first-order chi connectivity index (χ1) is 15.6. The van der Waals surface area contributed by atoms with E-state index < -0.39 is 0 Å². The number of aromatic nitrogens is 2. The van der Waals surface area contributed by atoms with Crippen LogP contribution in [-0.2, 0) is 5.41 Å². The molecule has 4 aromatic rings. The van der Waals surface area contributed by atoms with E-state index in [0.29, 0.717) is 5.56 Å². The van der Waals surface area contributed by atoms with Gasteiger partial charge in [0.1, 0.15) is 11.6 Å². The fourth-order valence-corrected chi connectivity index (χ4v) is 4.71. The maximum Gasteiger partial charge on any atom is 0.251 e. The Morgan fingerprint density at radius 1 is 1.03 bits per heavy atom. The predicted octanol–water partition coefficient (Wildman–Crippen LogP) is 4.77. The molecule has 1 saturated carbocycles. The third-order valence-corrected chi connectivity index (χ3v) is 6.48. The quantitative estimate of drug-likeness (QED) is 0.444. The highest BCUT2D eigenvalue weighted by Crippen LogP contribution is 2.54. The molecule has 2 heterocycles. The molecular formula is C26H23N5O. The average Bonchev–Trinajstić information content (AvgIpc) is 3.41. The van der Waals surface area contributed by atoms with Gasteiger partial charge in [-0.05, 0) is 54.8 Å². The zero-order chi connectivity index (χ0) is 21.9. The molecule has 6 rings (SSSR count). The van der Waals surface area contributed by atoms with Gasteiger partial charge in [-0.3, -0.25) is 9.36 Å². The van der Waals surface area contributed by atoms with Crippen molar-refractivity contribution in [3.63, 3.8) is 0 Å². The van der Waals surface area contributed by atoms with Gasteiger partial charge in [0, 0.05) is 18.3 Å². The van der Waals surface area contributed by atoms with Crippen molar-refractivity contribution in [1.29, 1.82) is 0 Å². The van der Waals surface area contributed by atoms with Crippen LogP contribution < -0.4 is 16.0 Å². The van der Waals surface area contributed by atoms with Crippen molar-refractivity contribution in [3.8, 4) is 5.69 Å². The van der Waals surface area contributed by atoms with E-state index in [9.17, 15) is 4.79 Å². The van der Waals surface area contributed by atoms with E-state index in [4.69, 9.17) is 4.98 Å². The number of carbonyl (C=O) groups excluding carboxylic acids is 1. The summed E-state index contributed by atoms with van der Waals surface area (Å²) in [6.45, 7) is 3.97. The Morgan fingerprint density at radius 3 is 2.56 bits per heavy atom. The van der Waals surface area contributed by atoms with E-state index in [-0.39, 0.29) is 11.3 Å². The number of rotatable bonds is 4. The number of carbonyl (C=O) groups is 1. The standard InChI is InChI=1S/C26H23N5O/c1-16-28-20-10-9-19(15-21(20)29-16)31-23-11-8-17(24(32)27-2)14-22(23)30-25(31)26(12-13-26)18-6-4-3-5-7-18/h3-11,14-15,28-29H,1,12-13H2,2H3,(H,27,32). The van der Waals surface area contributed by atoms with Gasteiger partial charge in [-0.25, -0.2) is 4.98 Å². The van der Waals surface area contributed by atoms with Crippen LogP contribution in [0.1, 0.15) is 34.6 Å². The highest BCUT2D eigenvalue weighted by Gasteiger charge is 2.50. The number of nitrogens with one attached hydrogen (secondary N) is 3. The maximum atomic E-state index is 12.2. The zero-order valence-corrected chi connectivity index (χ0v) is 17.8. The zero-order valence-electron chi connectivity index (χ0n) is 17.8. The number of benzene rings is 3. The lowest BCUT2D eigenvalue weighted by molar-refractivity contribution is 0.0963. The van der Waals surface area contributed by atoms with Gasteiger partial charge in [0.15, 0.2) is 0 Å². The number of fused-ring (bicyclic) bond motifs is 2. The normalized spacial score (nSPS) is 15.7. The molecule has 158 valence electrons. The van der Waals surface area contributed by atoms with Crippen LogP contribution in [0.5, 0.6) is 0 Å². The maximum absolute atomic E-state index is 12.2. The van der Waals surface area contributed by atoms with Crippen molar-refractivity contribution in [2.24, 2.45) is 0 Å². The van der Waals surface area contributed by atoms with Gasteiger partial charge >= 0.3 is 0 Å². The van der Waals surface area contributed by atoms with Crippen molar-refractivity contribution in [3.05, 3.63) is 96.1 Å². The van der Waals surface area contributed by atoms with Crippen molar-refractivity contribution >= 4 is 28.3 Å². The molecule has 6 heteroatoms. The Kier molecular flexibility index (Phi) is 3.92. The van der Waals surface area contributed by atoms with E-state index in [2.05, 4.69) is 69.6 Å². The number of imidazole rings is 1. The molecule has 3 aromatic carbocycles. The number of nitrogens with zero attached hydrogens (tertiary/aromatic N) is 2. The van der Waals surface area contributed by atoms with Gasteiger partial charge < -0.3 is 16.0 Å². The Bertz CT molecular complexity index is 1400. The van der Waals surface area contributed by atoms with Gasteiger partial charge in [0.2, 0.25) is 0 Å². The topological polar surface area (TPSA) is 71.0 Å². The minimum absolute atomic E-state index is 0.112. The fraction of sp³-hybridized carbons (Fsp3) is 0.154. The summed E-state index contributed by atoms with van der Waals surface area (Å²) >= 11 is 0. The van der Waals surface area contributed by atoms with Crippen molar-refractivity contribution in [2.45, 2.75) is 18.3 Å². The molecule has 0 atom stereocenters.